The fourth-order valence-electron chi connectivity index (χ4n) is 3.27. The highest BCUT2D eigenvalue weighted by molar-refractivity contribution is 5.87. The molecule has 1 amide bonds. The molecule has 1 heterocycles. The second kappa shape index (κ2) is 9.35. The molecule has 1 atom stereocenters. The molecule has 1 aromatic heterocycles. The molecule has 7 nitrogen and oxygen atoms in total. The van der Waals surface area contributed by atoms with Crippen LogP contribution < -0.4 is 10.9 Å². The van der Waals surface area contributed by atoms with E-state index in [-0.39, 0.29) is 12.5 Å². The van der Waals surface area contributed by atoms with Crippen LogP contribution in [-0.4, -0.2) is 34.8 Å². The number of amides is 1. The average Bonchev–Trinajstić information content (AvgIpc) is 2.73. The molecule has 0 radical (unpaired) electrons. The lowest BCUT2D eigenvalue weighted by molar-refractivity contribution is -0.145. The molecule has 30 heavy (non-hydrogen) atoms. The SMILES string of the molecule is COC(=O)[C@@H](CC(C)C)NC(=O)Cn1nc(-c2ccc3ccccc3c2)ccc1=O. The Morgan fingerprint density at radius 2 is 1.80 bits per heavy atom. The monoisotopic (exact) mass is 407 g/mol. The van der Waals surface area contributed by atoms with Crippen molar-refractivity contribution >= 4 is 22.6 Å². The lowest BCUT2D eigenvalue weighted by atomic mass is 10.0. The Labute approximate surface area is 174 Å². The topological polar surface area (TPSA) is 90.3 Å². The number of hydrogen-bond acceptors (Lipinski definition) is 5. The van der Waals surface area contributed by atoms with Gasteiger partial charge >= 0.3 is 5.97 Å². The Balaban J connectivity index is 1.81. The maximum absolute atomic E-state index is 12.5. The minimum atomic E-state index is -0.762. The number of rotatable bonds is 7. The molecule has 0 aliphatic carbocycles. The van der Waals surface area contributed by atoms with Crippen LogP contribution in [0.1, 0.15) is 20.3 Å². The summed E-state index contributed by atoms with van der Waals surface area (Å²) in [6.07, 6.45) is 0.442. The first-order chi connectivity index (χ1) is 14.4. The first-order valence-corrected chi connectivity index (χ1v) is 9.82. The van der Waals surface area contributed by atoms with Gasteiger partial charge in [0.1, 0.15) is 12.6 Å². The minimum absolute atomic E-state index is 0.187. The van der Waals surface area contributed by atoms with Crippen molar-refractivity contribution in [3.8, 4) is 11.3 Å². The minimum Gasteiger partial charge on any atom is -0.467 e. The van der Waals surface area contributed by atoms with Crippen LogP contribution in [0.3, 0.4) is 0 Å². The molecule has 0 bridgehead atoms. The first kappa shape index (κ1) is 21.2. The van der Waals surface area contributed by atoms with E-state index in [1.165, 1.54) is 13.2 Å². The molecule has 3 aromatic rings. The van der Waals surface area contributed by atoms with Crippen LogP contribution >= 0.6 is 0 Å². The fraction of sp³-hybridized carbons (Fsp3) is 0.304. The normalized spacial score (nSPS) is 12.0. The molecule has 0 saturated heterocycles. The van der Waals surface area contributed by atoms with Crippen LogP contribution in [0.15, 0.2) is 59.4 Å². The molecule has 0 aliphatic rings. The van der Waals surface area contributed by atoms with Gasteiger partial charge in [-0.15, -0.1) is 0 Å². The zero-order valence-electron chi connectivity index (χ0n) is 17.3. The van der Waals surface area contributed by atoms with E-state index in [4.69, 9.17) is 4.74 Å². The quantitative estimate of drug-likeness (QED) is 0.608. The molecule has 0 saturated carbocycles. The number of methoxy groups -OCH3 is 1. The van der Waals surface area contributed by atoms with Crippen molar-refractivity contribution in [2.45, 2.75) is 32.9 Å². The van der Waals surface area contributed by atoms with Gasteiger partial charge in [-0.05, 0) is 35.2 Å². The van der Waals surface area contributed by atoms with Gasteiger partial charge < -0.3 is 10.1 Å². The van der Waals surface area contributed by atoms with Crippen molar-refractivity contribution < 1.29 is 14.3 Å². The Morgan fingerprint density at radius 1 is 1.07 bits per heavy atom. The van der Waals surface area contributed by atoms with E-state index in [0.29, 0.717) is 12.1 Å². The van der Waals surface area contributed by atoms with Crippen molar-refractivity contribution in [2.24, 2.45) is 5.92 Å². The lowest BCUT2D eigenvalue weighted by Crippen LogP contribution is -2.44. The van der Waals surface area contributed by atoms with Crippen molar-refractivity contribution in [2.75, 3.05) is 7.11 Å². The number of benzene rings is 2. The van der Waals surface area contributed by atoms with Crippen molar-refractivity contribution in [1.82, 2.24) is 15.1 Å². The third-order valence-corrected chi connectivity index (χ3v) is 4.73. The summed E-state index contributed by atoms with van der Waals surface area (Å²) in [6.45, 7) is 3.61. The van der Waals surface area contributed by atoms with Crippen LogP contribution in [-0.2, 0) is 20.9 Å². The number of carbonyl (C=O) groups is 2. The summed E-state index contributed by atoms with van der Waals surface area (Å²) in [6, 6.07) is 16.1. The van der Waals surface area contributed by atoms with E-state index >= 15 is 0 Å². The van der Waals surface area contributed by atoms with E-state index in [1.54, 1.807) is 6.07 Å². The number of hydrogen-bond donors (Lipinski definition) is 1. The molecule has 156 valence electrons. The summed E-state index contributed by atoms with van der Waals surface area (Å²) < 4.78 is 5.86. The summed E-state index contributed by atoms with van der Waals surface area (Å²) in [5.41, 5.74) is 1.03. The summed E-state index contributed by atoms with van der Waals surface area (Å²) in [5, 5.41) is 9.16. The highest BCUT2D eigenvalue weighted by Gasteiger charge is 2.23. The van der Waals surface area contributed by atoms with Gasteiger partial charge in [-0.3, -0.25) is 9.59 Å². The average molecular weight is 407 g/mol. The molecule has 7 heteroatoms. The third-order valence-electron chi connectivity index (χ3n) is 4.73. The van der Waals surface area contributed by atoms with Gasteiger partial charge in [0.25, 0.3) is 5.56 Å². The summed E-state index contributed by atoms with van der Waals surface area (Å²) in [5.74, 6) is -0.801. The molecule has 1 N–H and O–H groups in total. The summed E-state index contributed by atoms with van der Waals surface area (Å²) >= 11 is 0. The largest absolute Gasteiger partial charge is 0.467 e. The predicted molar refractivity (Wildman–Crippen MR) is 115 cm³/mol. The maximum atomic E-state index is 12.5. The molecule has 3 rings (SSSR count). The second-order valence-electron chi connectivity index (χ2n) is 7.55. The molecule has 0 spiro atoms. The second-order valence-corrected chi connectivity index (χ2v) is 7.55. The number of nitrogens with one attached hydrogen (secondary N) is 1. The summed E-state index contributed by atoms with van der Waals surface area (Å²) in [7, 11) is 1.28. The molecule has 0 fully saturated rings. The van der Waals surface area contributed by atoms with E-state index in [9.17, 15) is 14.4 Å². The zero-order valence-corrected chi connectivity index (χ0v) is 17.3. The Bertz CT molecular complexity index is 1120. The van der Waals surface area contributed by atoms with Crippen LogP contribution in [0.25, 0.3) is 22.0 Å². The van der Waals surface area contributed by atoms with Gasteiger partial charge in [-0.1, -0.05) is 50.2 Å². The van der Waals surface area contributed by atoms with E-state index in [0.717, 1.165) is 21.0 Å². The maximum Gasteiger partial charge on any atom is 0.328 e. The first-order valence-electron chi connectivity index (χ1n) is 9.82. The predicted octanol–water partition coefficient (Wildman–Crippen LogP) is 2.77. The van der Waals surface area contributed by atoms with Gasteiger partial charge in [0.05, 0.1) is 12.8 Å². The molecule has 0 unspecified atom stereocenters. The number of nitrogens with zero attached hydrogens (tertiary/aromatic N) is 2. The van der Waals surface area contributed by atoms with E-state index in [1.807, 2.05) is 56.3 Å². The number of esters is 1. The third kappa shape index (κ3) is 5.11. The summed E-state index contributed by atoms with van der Waals surface area (Å²) in [4.78, 5) is 36.6. The van der Waals surface area contributed by atoms with Gasteiger partial charge in [0, 0.05) is 11.6 Å². The van der Waals surface area contributed by atoms with E-state index in [2.05, 4.69) is 10.4 Å². The van der Waals surface area contributed by atoms with Crippen molar-refractivity contribution in [3.05, 3.63) is 65.0 Å². The highest BCUT2D eigenvalue weighted by atomic mass is 16.5. The number of aromatic nitrogens is 2. The Kier molecular flexibility index (Phi) is 6.61. The van der Waals surface area contributed by atoms with Gasteiger partial charge in [0.15, 0.2) is 0 Å². The highest BCUT2D eigenvalue weighted by Crippen LogP contribution is 2.22. The molecule has 0 aliphatic heterocycles. The van der Waals surface area contributed by atoms with Gasteiger partial charge in [0.2, 0.25) is 5.91 Å². The molecular weight excluding hydrogens is 382 g/mol. The smallest absolute Gasteiger partial charge is 0.328 e. The number of ether oxygens (including phenoxy) is 1. The van der Waals surface area contributed by atoms with Crippen molar-refractivity contribution in [1.29, 1.82) is 0 Å². The van der Waals surface area contributed by atoms with Gasteiger partial charge in [-0.2, -0.15) is 5.10 Å². The van der Waals surface area contributed by atoms with Crippen LogP contribution in [0, 0.1) is 5.92 Å². The molecule has 2 aromatic carbocycles. The van der Waals surface area contributed by atoms with Crippen LogP contribution in [0.5, 0.6) is 0 Å². The number of fused-ring (bicyclic) bond motifs is 1. The zero-order chi connectivity index (χ0) is 21.7. The van der Waals surface area contributed by atoms with Crippen molar-refractivity contribution in [3.63, 3.8) is 0 Å². The Morgan fingerprint density at radius 3 is 2.50 bits per heavy atom. The van der Waals surface area contributed by atoms with Crippen LogP contribution in [0.4, 0.5) is 0 Å². The lowest BCUT2D eigenvalue weighted by Gasteiger charge is -2.18. The fourth-order valence-corrected chi connectivity index (χ4v) is 3.27. The Hall–Kier alpha value is -3.48. The number of carbonyl (C=O) groups excluding carboxylic acids is 2. The van der Waals surface area contributed by atoms with Crippen LogP contribution in [0.2, 0.25) is 0 Å². The van der Waals surface area contributed by atoms with E-state index < -0.39 is 23.5 Å². The standard InChI is InChI=1S/C23H25N3O4/c1-15(2)12-20(23(29)30-3)24-21(27)14-26-22(28)11-10-19(25-26)18-9-8-16-6-4-5-7-17(16)13-18/h4-11,13,15,20H,12,14H2,1-3H3,(H,24,27)/t20-/m1/s1. The molecular formula is C23H25N3O4. The van der Waals surface area contributed by atoms with Gasteiger partial charge in [-0.25, -0.2) is 9.48 Å².